The molecule has 3 aromatic rings. The number of aryl methyl sites for hydroxylation is 2. The number of rotatable bonds is 5. The number of carbonyl (C=O) groups is 1. The van der Waals surface area contributed by atoms with Gasteiger partial charge in [-0.25, -0.2) is 0 Å². The number of hydrogen-bond donors (Lipinski definition) is 1. The minimum atomic E-state index is -0.00314. The lowest BCUT2D eigenvalue weighted by atomic mass is 10.2. The maximum atomic E-state index is 12.2. The molecule has 3 heterocycles. The number of benzene rings is 1. The molecule has 0 aliphatic carbocycles. The number of nitrogens with zero attached hydrogens (tertiary/aromatic N) is 5. The van der Waals surface area contributed by atoms with Crippen LogP contribution in [0.2, 0.25) is 0 Å². The summed E-state index contributed by atoms with van der Waals surface area (Å²) in [7, 11) is 0. The van der Waals surface area contributed by atoms with Crippen LogP contribution in [-0.4, -0.2) is 38.8 Å². The monoisotopic (exact) mass is 356 g/mol. The van der Waals surface area contributed by atoms with E-state index in [9.17, 15) is 4.79 Å². The summed E-state index contributed by atoms with van der Waals surface area (Å²) in [5.41, 5.74) is 2.06. The van der Waals surface area contributed by atoms with Gasteiger partial charge in [-0.1, -0.05) is 11.3 Å². The predicted molar refractivity (Wildman–Crippen MR) is 98.2 cm³/mol. The second-order valence-corrected chi connectivity index (χ2v) is 7.27. The van der Waals surface area contributed by atoms with Gasteiger partial charge in [0, 0.05) is 37.3 Å². The van der Waals surface area contributed by atoms with E-state index in [-0.39, 0.29) is 5.91 Å². The Labute approximate surface area is 149 Å². The third kappa shape index (κ3) is 3.48. The van der Waals surface area contributed by atoms with E-state index in [1.54, 1.807) is 4.52 Å². The van der Waals surface area contributed by atoms with Crippen LogP contribution in [0.15, 0.2) is 24.3 Å². The van der Waals surface area contributed by atoms with Crippen LogP contribution >= 0.6 is 11.3 Å². The number of carbonyl (C=O) groups excluding carboxylic acids is 1. The Morgan fingerprint density at radius 2 is 1.96 bits per heavy atom. The molecule has 1 aromatic carbocycles. The number of hydrogen-bond acceptors (Lipinski definition) is 6. The average molecular weight is 356 g/mol. The van der Waals surface area contributed by atoms with Gasteiger partial charge in [0.25, 0.3) is 0 Å². The summed E-state index contributed by atoms with van der Waals surface area (Å²) in [5, 5.41) is 16.3. The molecule has 0 bridgehead atoms. The smallest absolute Gasteiger partial charge is 0.234 e. The van der Waals surface area contributed by atoms with Gasteiger partial charge in [0.05, 0.1) is 0 Å². The zero-order valence-corrected chi connectivity index (χ0v) is 14.9. The number of aromatic nitrogens is 4. The molecule has 1 fully saturated rings. The number of nitrogens with one attached hydrogen (secondary N) is 1. The maximum Gasteiger partial charge on any atom is 0.234 e. The highest BCUT2D eigenvalue weighted by molar-refractivity contribution is 7.16. The lowest BCUT2D eigenvalue weighted by molar-refractivity contribution is -0.116. The molecule has 0 atom stereocenters. The van der Waals surface area contributed by atoms with E-state index < -0.39 is 0 Å². The van der Waals surface area contributed by atoms with Crippen LogP contribution in [0.5, 0.6) is 0 Å². The molecule has 130 valence electrons. The Kier molecular flexibility index (Phi) is 4.35. The molecule has 0 saturated carbocycles. The van der Waals surface area contributed by atoms with Crippen molar-refractivity contribution >= 4 is 33.6 Å². The molecule has 2 aromatic heterocycles. The molecule has 7 nitrogen and oxygen atoms in total. The van der Waals surface area contributed by atoms with Gasteiger partial charge in [-0.15, -0.1) is 10.2 Å². The fourth-order valence-corrected chi connectivity index (χ4v) is 3.91. The Bertz CT molecular complexity index is 878. The standard InChI is InChI=1S/C17H20N6OS/c1-12-19-20-17-23(12)21-16(25-17)9-8-15(24)18-13-4-6-14(7-5-13)22-10-2-3-11-22/h4-7H,2-3,8-11H2,1H3,(H,18,24). The molecule has 4 rings (SSSR count). The zero-order chi connectivity index (χ0) is 17.2. The van der Waals surface area contributed by atoms with Crippen LogP contribution in [0.4, 0.5) is 11.4 Å². The lowest BCUT2D eigenvalue weighted by Gasteiger charge is -2.17. The van der Waals surface area contributed by atoms with E-state index in [1.807, 2.05) is 19.1 Å². The number of fused-ring (bicyclic) bond motifs is 1. The highest BCUT2D eigenvalue weighted by Gasteiger charge is 2.13. The van der Waals surface area contributed by atoms with Gasteiger partial charge in [0.15, 0.2) is 5.82 Å². The highest BCUT2D eigenvalue weighted by Crippen LogP contribution is 2.22. The third-order valence-corrected chi connectivity index (χ3v) is 5.34. The third-order valence-electron chi connectivity index (χ3n) is 4.38. The minimum Gasteiger partial charge on any atom is -0.372 e. The Morgan fingerprint density at radius 3 is 2.68 bits per heavy atom. The Balaban J connectivity index is 1.32. The molecule has 1 N–H and O–H groups in total. The molecule has 1 aliphatic heterocycles. The van der Waals surface area contributed by atoms with E-state index >= 15 is 0 Å². The van der Waals surface area contributed by atoms with Crippen molar-refractivity contribution in [1.29, 1.82) is 0 Å². The van der Waals surface area contributed by atoms with Crippen molar-refractivity contribution in [3.05, 3.63) is 35.1 Å². The first-order valence-electron chi connectivity index (χ1n) is 8.51. The predicted octanol–water partition coefficient (Wildman–Crippen LogP) is 2.67. The molecule has 0 radical (unpaired) electrons. The molecular formula is C17H20N6OS. The lowest BCUT2D eigenvalue weighted by Crippen LogP contribution is -2.17. The first-order valence-corrected chi connectivity index (χ1v) is 9.33. The fraction of sp³-hybridized carbons (Fsp3) is 0.412. The van der Waals surface area contributed by atoms with Crippen molar-refractivity contribution in [2.24, 2.45) is 0 Å². The molecule has 1 amide bonds. The van der Waals surface area contributed by atoms with Crippen molar-refractivity contribution in [1.82, 2.24) is 19.8 Å². The normalized spacial score (nSPS) is 14.4. The van der Waals surface area contributed by atoms with E-state index in [0.29, 0.717) is 12.8 Å². The summed E-state index contributed by atoms with van der Waals surface area (Å²) in [5.74, 6) is 0.761. The van der Waals surface area contributed by atoms with Crippen molar-refractivity contribution in [2.45, 2.75) is 32.6 Å². The first kappa shape index (κ1) is 16.0. The van der Waals surface area contributed by atoms with E-state index in [4.69, 9.17) is 0 Å². The van der Waals surface area contributed by atoms with Gasteiger partial charge in [-0.2, -0.15) is 9.61 Å². The van der Waals surface area contributed by atoms with Crippen LogP contribution in [0.1, 0.15) is 30.1 Å². The quantitative estimate of drug-likeness (QED) is 0.761. The van der Waals surface area contributed by atoms with Crippen LogP contribution < -0.4 is 10.2 Å². The first-order chi connectivity index (χ1) is 12.2. The van der Waals surface area contributed by atoms with Crippen molar-refractivity contribution < 1.29 is 4.79 Å². The van der Waals surface area contributed by atoms with Gasteiger partial charge in [0.1, 0.15) is 5.01 Å². The fourth-order valence-electron chi connectivity index (χ4n) is 3.03. The summed E-state index contributed by atoms with van der Waals surface area (Å²) >= 11 is 1.48. The maximum absolute atomic E-state index is 12.2. The summed E-state index contributed by atoms with van der Waals surface area (Å²) in [6.07, 6.45) is 3.52. The van der Waals surface area contributed by atoms with Crippen LogP contribution in [0.3, 0.4) is 0 Å². The second-order valence-electron chi connectivity index (χ2n) is 6.23. The minimum absolute atomic E-state index is 0.00314. The van der Waals surface area contributed by atoms with Gasteiger partial charge < -0.3 is 10.2 Å². The van der Waals surface area contributed by atoms with E-state index in [2.05, 4.69) is 37.6 Å². The number of amides is 1. The average Bonchev–Trinajstić information content (AvgIpc) is 3.33. The molecule has 25 heavy (non-hydrogen) atoms. The summed E-state index contributed by atoms with van der Waals surface area (Å²) in [6.45, 7) is 4.11. The highest BCUT2D eigenvalue weighted by atomic mass is 32.1. The van der Waals surface area contributed by atoms with Crippen molar-refractivity contribution in [2.75, 3.05) is 23.3 Å². The van der Waals surface area contributed by atoms with Gasteiger partial charge in [-0.05, 0) is 44.0 Å². The van der Waals surface area contributed by atoms with Crippen molar-refractivity contribution in [3.8, 4) is 0 Å². The topological polar surface area (TPSA) is 75.4 Å². The second kappa shape index (κ2) is 6.79. The van der Waals surface area contributed by atoms with Crippen LogP contribution in [0, 0.1) is 6.92 Å². The SMILES string of the molecule is Cc1nnc2sc(CCC(=O)Nc3ccc(N4CCCC4)cc3)nn12. The Hall–Kier alpha value is -2.48. The molecule has 1 saturated heterocycles. The molecular weight excluding hydrogens is 336 g/mol. The van der Waals surface area contributed by atoms with E-state index in [0.717, 1.165) is 34.6 Å². The number of anilines is 2. The van der Waals surface area contributed by atoms with Crippen LogP contribution in [0.25, 0.3) is 4.96 Å². The van der Waals surface area contributed by atoms with Gasteiger partial charge >= 0.3 is 0 Å². The van der Waals surface area contributed by atoms with Gasteiger partial charge in [0.2, 0.25) is 10.9 Å². The summed E-state index contributed by atoms with van der Waals surface area (Å²) < 4.78 is 1.72. The molecule has 8 heteroatoms. The Morgan fingerprint density at radius 1 is 1.20 bits per heavy atom. The van der Waals surface area contributed by atoms with Crippen LogP contribution in [-0.2, 0) is 11.2 Å². The zero-order valence-electron chi connectivity index (χ0n) is 14.1. The summed E-state index contributed by atoms with van der Waals surface area (Å²) in [4.78, 5) is 15.3. The van der Waals surface area contributed by atoms with Crippen molar-refractivity contribution in [3.63, 3.8) is 0 Å². The molecule has 0 unspecified atom stereocenters. The molecule has 1 aliphatic rings. The molecule has 0 spiro atoms. The summed E-state index contributed by atoms with van der Waals surface area (Å²) in [6, 6.07) is 8.09. The largest absolute Gasteiger partial charge is 0.372 e. The van der Waals surface area contributed by atoms with Gasteiger partial charge in [-0.3, -0.25) is 4.79 Å². The van der Waals surface area contributed by atoms with E-state index in [1.165, 1.54) is 29.9 Å².